The molecule has 1 aromatic heterocycles. The quantitative estimate of drug-likeness (QED) is 0.716. The number of aromatic nitrogens is 2. The Morgan fingerprint density at radius 2 is 2.05 bits per heavy atom. The molecule has 0 spiro atoms. The van der Waals surface area contributed by atoms with E-state index in [1.807, 2.05) is 18.2 Å². The van der Waals surface area contributed by atoms with Gasteiger partial charge in [-0.15, -0.1) is 11.6 Å². The van der Waals surface area contributed by atoms with Crippen molar-refractivity contribution in [2.24, 2.45) is 0 Å². The standard InChI is InChI=1S/C15H21Cl2N3/c1-3-7-19(4-2)8-9-20-14-6-5-12(17)10-13(14)18-15(20)11-16/h5-6,10H,3-4,7-9,11H2,1-2H3. The van der Waals surface area contributed by atoms with E-state index in [9.17, 15) is 0 Å². The van der Waals surface area contributed by atoms with Gasteiger partial charge in [-0.25, -0.2) is 4.98 Å². The van der Waals surface area contributed by atoms with Crippen molar-refractivity contribution in [2.75, 3.05) is 19.6 Å². The molecule has 0 fully saturated rings. The zero-order valence-corrected chi connectivity index (χ0v) is 13.6. The van der Waals surface area contributed by atoms with Gasteiger partial charge in [0.05, 0.1) is 16.9 Å². The molecule has 3 nitrogen and oxygen atoms in total. The molecule has 0 atom stereocenters. The summed E-state index contributed by atoms with van der Waals surface area (Å²) in [6.07, 6.45) is 1.18. The van der Waals surface area contributed by atoms with Gasteiger partial charge >= 0.3 is 0 Å². The van der Waals surface area contributed by atoms with Crippen LogP contribution in [0.4, 0.5) is 0 Å². The Hall–Kier alpha value is -0.770. The van der Waals surface area contributed by atoms with Gasteiger partial charge in [-0.05, 0) is 37.7 Å². The Bertz CT molecular complexity index is 565. The average molecular weight is 314 g/mol. The lowest BCUT2D eigenvalue weighted by Gasteiger charge is -2.20. The average Bonchev–Trinajstić information content (AvgIpc) is 2.80. The SMILES string of the molecule is CCCN(CC)CCn1c(CCl)nc2cc(Cl)ccc21. The van der Waals surface area contributed by atoms with Crippen LogP contribution in [0.1, 0.15) is 26.1 Å². The predicted octanol–water partition coefficient (Wildman–Crippen LogP) is 4.16. The van der Waals surface area contributed by atoms with Crippen LogP contribution in [0.3, 0.4) is 0 Å². The van der Waals surface area contributed by atoms with Gasteiger partial charge in [-0.2, -0.15) is 0 Å². The lowest BCUT2D eigenvalue weighted by Crippen LogP contribution is -2.28. The number of alkyl halides is 1. The summed E-state index contributed by atoms with van der Waals surface area (Å²) < 4.78 is 2.21. The van der Waals surface area contributed by atoms with Gasteiger partial charge in [0, 0.05) is 18.1 Å². The fourth-order valence-electron chi connectivity index (χ4n) is 2.49. The summed E-state index contributed by atoms with van der Waals surface area (Å²) in [5.41, 5.74) is 2.03. The van der Waals surface area contributed by atoms with Crippen LogP contribution in [0.25, 0.3) is 11.0 Å². The lowest BCUT2D eigenvalue weighted by atomic mass is 10.3. The topological polar surface area (TPSA) is 21.1 Å². The number of rotatable bonds is 7. The molecule has 0 N–H and O–H groups in total. The van der Waals surface area contributed by atoms with Crippen molar-refractivity contribution < 1.29 is 0 Å². The van der Waals surface area contributed by atoms with Gasteiger partial charge in [-0.3, -0.25) is 0 Å². The molecule has 1 aromatic carbocycles. The first-order valence-corrected chi connectivity index (χ1v) is 8.03. The first-order chi connectivity index (χ1) is 9.69. The molecule has 0 saturated heterocycles. The summed E-state index contributed by atoms with van der Waals surface area (Å²) in [4.78, 5) is 7.01. The summed E-state index contributed by atoms with van der Waals surface area (Å²) in [6.45, 7) is 8.54. The summed E-state index contributed by atoms with van der Waals surface area (Å²) in [6, 6.07) is 5.83. The molecule has 0 bridgehead atoms. The molecule has 2 rings (SSSR count). The minimum absolute atomic E-state index is 0.423. The minimum atomic E-state index is 0.423. The van der Waals surface area contributed by atoms with Crippen LogP contribution in [-0.2, 0) is 12.4 Å². The molecule has 0 saturated carbocycles. The normalized spacial score (nSPS) is 11.7. The Morgan fingerprint density at radius 1 is 1.25 bits per heavy atom. The molecule has 0 radical (unpaired) electrons. The number of hydrogen-bond donors (Lipinski definition) is 0. The monoisotopic (exact) mass is 313 g/mol. The van der Waals surface area contributed by atoms with Crippen molar-refractivity contribution in [3.8, 4) is 0 Å². The molecular weight excluding hydrogens is 293 g/mol. The number of halogens is 2. The van der Waals surface area contributed by atoms with E-state index in [0.717, 1.165) is 43.0 Å². The second kappa shape index (κ2) is 7.30. The van der Waals surface area contributed by atoms with Crippen molar-refractivity contribution in [2.45, 2.75) is 32.7 Å². The second-order valence-electron chi connectivity index (χ2n) is 4.88. The van der Waals surface area contributed by atoms with Gasteiger partial charge in [-0.1, -0.05) is 25.4 Å². The highest BCUT2D eigenvalue weighted by molar-refractivity contribution is 6.31. The number of fused-ring (bicyclic) bond motifs is 1. The van der Waals surface area contributed by atoms with Gasteiger partial charge < -0.3 is 9.47 Å². The van der Waals surface area contributed by atoms with Gasteiger partial charge in [0.2, 0.25) is 0 Å². The van der Waals surface area contributed by atoms with Crippen molar-refractivity contribution >= 4 is 34.2 Å². The summed E-state index contributed by atoms with van der Waals surface area (Å²) in [7, 11) is 0. The number of likely N-dealkylation sites (N-methyl/N-ethyl adjacent to an activating group) is 1. The van der Waals surface area contributed by atoms with Crippen LogP contribution < -0.4 is 0 Å². The highest BCUT2D eigenvalue weighted by Gasteiger charge is 2.11. The smallest absolute Gasteiger partial charge is 0.124 e. The molecule has 0 unspecified atom stereocenters. The van der Waals surface area contributed by atoms with Crippen molar-refractivity contribution in [1.82, 2.24) is 14.5 Å². The maximum Gasteiger partial charge on any atom is 0.124 e. The molecule has 5 heteroatoms. The molecular formula is C15H21Cl2N3. The Balaban J connectivity index is 2.23. The zero-order valence-electron chi connectivity index (χ0n) is 12.1. The van der Waals surface area contributed by atoms with Crippen molar-refractivity contribution in [3.05, 3.63) is 29.0 Å². The largest absolute Gasteiger partial charge is 0.326 e. The third-order valence-electron chi connectivity index (χ3n) is 3.54. The highest BCUT2D eigenvalue weighted by Crippen LogP contribution is 2.21. The maximum atomic E-state index is 6.02. The first kappa shape index (κ1) is 15.6. The molecule has 0 aliphatic heterocycles. The van der Waals surface area contributed by atoms with E-state index in [4.69, 9.17) is 23.2 Å². The molecule has 110 valence electrons. The fourth-order valence-corrected chi connectivity index (χ4v) is 2.86. The van der Waals surface area contributed by atoms with E-state index in [1.54, 1.807) is 0 Å². The van der Waals surface area contributed by atoms with Gasteiger partial charge in [0.1, 0.15) is 5.82 Å². The molecule has 2 aromatic rings. The van der Waals surface area contributed by atoms with E-state index < -0.39 is 0 Å². The van der Waals surface area contributed by atoms with Gasteiger partial charge in [0.15, 0.2) is 0 Å². The van der Waals surface area contributed by atoms with Crippen LogP contribution in [0.5, 0.6) is 0 Å². The summed E-state index contributed by atoms with van der Waals surface area (Å²) >= 11 is 12.0. The minimum Gasteiger partial charge on any atom is -0.326 e. The van der Waals surface area contributed by atoms with E-state index in [1.165, 1.54) is 6.42 Å². The van der Waals surface area contributed by atoms with E-state index in [2.05, 4.69) is 28.3 Å². The number of nitrogens with zero attached hydrogens (tertiary/aromatic N) is 3. The van der Waals surface area contributed by atoms with Crippen LogP contribution in [0.15, 0.2) is 18.2 Å². The molecule has 0 amide bonds. The highest BCUT2D eigenvalue weighted by atomic mass is 35.5. The number of benzene rings is 1. The zero-order chi connectivity index (χ0) is 14.5. The molecule has 0 aliphatic rings. The maximum absolute atomic E-state index is 6.02. The van der Waals surface area contributed by atoms with Gasteiger partial charge in [0.25, 0.3) is 0 Å². The van der Waals surface area contributed by atoms with Crippen LogP contribution in [0.2, 0.25) is 5.02 Å². The van der Waals surface area contributed by atoms with E-state index in [0.29, 0.717) is 10.9 Å². The van der Waals surface area contributed by atoms with E-state index in [-0.39, 0.29) is 0 Å². The predicted molar refractivity (Wildman–Crippen MR) is 86.7 cm³/mol. The molecule has 1 heterocycles. The van der Waals surface area contributed by atoms with Crippen LogP contribution in [-0.4, -0.2) is 34.1 Å². The van der Waals surface area contributed by atoms with E-state index >= 15 is 0 Å². The first-order valence-electron chi connectivity index (χ1n) is 7.12. The Morgan fingerprint density at radius 3 is 2.70 bits per heavy atom. The third kappa shape index (κ3) is 3.46. The summed E-state index contributed by atoms with van der Waals surface area (Å²) in [5, 5.41) is 0.712. The van der Waals surface area contributed by atoms with Crippen molar-refractivity contribution in [3.63, 3.8) is 0 Å². The third-order valence-corrected chi connectivity index (χ3v) is 4.01. The lowest BCUT2D eigenvalue weighted by molar-refractivity contribution is 0.277. The van der Waals surface area contributed by atoms with Crippen LogP contribution >= 0.6 is 23.2 Å². The number of imidazole rings is 1. The Labute approximate surface area is 130 Å². The molecule has 20 heavy (non-hydrogen) atoms. The fraction of sp³-hybridized carbons (Fsp3) is 0.533. The summed E-state index contributed by atoms with van der Waals surface area (Å²) in [5.74, 6) is 1.34. The van der Waals surface area contributed by atoms with Crippen molar-refractivity contribution in [1.29, 1.82) is 0 Å². The van der Waals surface area contributed by atoms with Crippen LogP contribution in [0, 0.1) is 0 Å². The Kier molecular flexibility index (Phi) is 5.70. The number of hydrogen-bond acceptors (Lipinski definition) is 2. The molecule has 0 aliphatic carbocycles. The second-order valence-corrected chi connectivity index (χ2v) is 5.58.